The second kappa shape index (κ2) is 9.90. The summed E-state index contributed by atoms with van der Waals surface area (Å²) in [6, 6.07) is 9.39. The van der Waals surface area contributed by atoms with E-state index >= 15 is 0 Å². The first-order valence-electron chi connectivity index (χ1n) is 9.15. The number of nitrogens with one attached hydrogen (secondary N) is 1. The fourth-order valence-corrected chi connectivity index (χ4v) is 3.53. The standard InChI is InChI=1S/C19H27N3O3.ClH/c20-12-16-6-7-17(25-16)18(23)21-13-14-8-10-22(11-9-14)19(24)15-4-2-1-3-5-15;/h1-5,14,16-17H,6-13,20H2,(H,21,23);1H/t16-,17+;/m1./s1. The zero-order valence-electron chi connectivity index (χ0n) is 14.9. The molecule has 6 nitrogen and oxygen atoms in total. The lowest BCUT2D eigenvalue weighted by Crippen LogP contribution is -2.43. The maximum atomic E-state index is 12.4. The number of benzene rings is 1. The van der Waals surface area contributed by atoms with Crippen molar-refractivity contribution in [2.24, 2.45) is 11.7 Å². The minimum Gasteiger partial charge on any atom is -0.364 e. The van der Waals surface area contributed by atoms with E-state index in [4.69, 9.17) is 10.5 Å². The van der Waals surface area contributed by atoms with Gasteiger partial charge in [0.05, 0.1) is 6.10 Å². The Balaban J connectivity index is 0.00000243. The molecule has 0 radical (unpaired) electrons. The molecule has 2 fully saturated rings. The predicted octanol–water partition coefficient (Wildman–Crippen LogP) is 1.58. The van der Waals surface area contributed by atoms with Gasteiger partial charge in [-0.2, -0.15) is 0 Å². The van der Waals surface area contributed by atoms with E-state index < -0.39 is 0 Å². The molecule has 2 atom stereocenters. The highest BCUT2D eigenvalue weighted by atomic mass is 35.5. The Bertz CT molecular complexity index is 591. The van der Waals surface area contributed by atoms with E-state index in [0.29, 0.717) is 19.0 Å². The van der Waals surface area contributed by atoms with Gasteiger partial charge in [0, 0.05) is 31.7 Å². The number of amides is 2. The van der Waals surface area contributed by atoms with Crippen LogP contribution in [0.2, 0.25) is 0 Å². The molecule has 0 unspecified atom stereocenters. The van der Waals surface area contributed by atoms with Crippen molar-refractivity contribution in [2.75, 3.05) is 26.2 Å². The Labute approximate surface area is 160 Å². The average molecular weight is 382 g/mol. The number of nitrogens with zero attached hydrogens (tertiary/aromatic N) is 1. The number of rotatable bonds is 5. The lowest BCUT2D eigenvalue weighted by molar-refractivity contribution is -0.132. The monoisotopic (exact) mass is 381 g/mol. The van der Waals surface area contributed by atoms with E-state index in [1.807, 2.05) is 35.2 Å². The number of carbonyl (C=O) groups is 2. The highest BCUT2D eigenvalue weighted by Gasteiger charge is 2.30. The highest BCUT2D eigenvalue weighted by Crippen LogP contribution is 2.21. The van der Waals surface area contributed by atoms with Crippen LogP contribution in [0.25, 0.3) is 0 Å². The van der Waals surface area contributed by atoms with E-state index in [1.54, 1.807) is 0 Å². The Morgan fingerprint density at radius 3 is 2.42 bits per heavy atom. The first kappa shape index (κ1) is 20.7. The largest absolute Gasteiger partial charge is 0.364 e. The summed E-state index contributed by atoms with van der Waals surface area (Å²) in [6.45, 7) is 2.60. The van der Waals surface area contributed by atoms with Crippen molar-refractivity contribution in [3.8, 4) is 0 Å². The van der Waals surface area contributed by atoms with Gasteiger partial charge in [-0.25, -0.2) is 0 Å². The molecule has 0 aromatic heterocycles. The zero-order chi connectivity index (χ0) is 17.6. The molecule has 0 saturated carbocycles. The zero-order valence-corrected chi connectivity index (χ0v) is 15.7. The van der Waals surface area contributed by atoms with Gasteiger partial charge in [0.1, 0.15) is 6.10 Å². The van der Waals surface area contributed by atoms with Crippen LogP contribution in [-0.2, 0) is 9.53 Å². The van der Waals surface area contributed by atoms with Gasteiger partial charge in [-0.1, -0.05) is 18.2 Å². The number of nitrogens with two attached hydrogens (primary N) is 1. The van der Waals surface area contributed by atoms with Gasteiger partial charge in [-0.3, -0.25) is 9.59 Å². The fourth-order valence-electron chi connectivity index (χ4n) is 3.53. The minimum absolute atomic E-state index is 0. The molecular formula is C19H28ClN3O3. The quantitative estimate of drug-likeness (QED) is 0.811. The van der Waals surface area contributed by atoms with Crippen molar-refractivity contribution in [3.05, 3.63) is 35.9 Å². The van der Waals surface area contributed by atoms with Crippen LogP contribution in [0, 0.1) is 5.92 Å². The Morgan fingerprint density at radius 2 is 1.81 bits per heavy atom. The maximum absolute atomic E-state index is 12.4. The number of hydrogen-bond donors (Lipinski definition) is 2. The molecule has 2 amide bonds. The van der Waals surface area contributed by atoms with E-state index in [2.05, 4.69) is 5.32 Å². The molecule has 2 heterocycles. The van der Waals surface area contributed by atoms with Crippen LogP contribution in [0.15, 0.2) is 30.3 Å². The summed E-state index contributed by atoms with van der Waals surface area (Å²) in [5.74, 6) is 0.476. The number of carbonyl (C=O) groups excluding carboxylic acids is 2. The first-order chi connectivity index (χ1) is 12.2. The average Bonchev–Trinajstić information content (AvgIpc) is 3.16. The van der Waals surface area contributed by atoms with Crippen LogP contribution in [0.1, 0.15) is 36.0 Å². The van der Waals surface area contributed by atoms with Crippen LogP contribution < -0.4 is 11.1 Å². The van der Waals surface area contributed by atoms with Gasteiger partial charge in [0.2, 0.25) is 5.91 Å². The van der Waals surface area contributed by atoms with Gasteiger partial charge in [0.25, 0.3) is 5.91 Å². The van der Waals surface area contributed by atoms with Crippen molar-refractivity contribution >= 4 is 24.2 Å². The molecular weight excluding hydrogens is 354 g/mol. The third-order valence-electron chi connectivity index (χ3n) is 5.15. The second-order valence-electron chi connectivity index (χ2n) is 6.91. The molecule has 0 bridgehead atoms. The van der Waals surface area contributed by atoms with Gasteiger partial charge >= 0.3 is 0 Å². The molecule has 0 spiro atoms. The van der Waals surface area contributed by atoms with Crippen molar-refractivity contribution < 1.29 is 14.3 Å². The molecule has 26 heavy (non-hydrogen) atoms. The molecule has 7 heteroatoms. The molecule has 3 N–H and O–H groups in total. The molecule has 2 aliphatic rings. The van der Waals surface area contributed by atoms with Crippen LogP contribution in [0.3, 0.4) is 0 Å². The Kier molecular flexibility index (Phi) is 7.87. The summed E-state index contributed by atoms with van der Waals surface area (Å²) in [7, 11) is 0. The Morgan fingerprint density at radius 1 is 1.12 bits per heavy atom. The van der Waals surface area contributed by atoms with E-state index in [0.717, 1.165) is 44.3 Å². The third kappa shape index (κ3) is 5.19. The van der Waals surface area contributed by atoms with Crippen molar-refractivity contribution in [1.82, 2.24) is 10.2 Å². The number of halogens is 1. The van der Waals surface area contributed by atoms with E-state index in [9.17, 15) is 9.59 Å². The predicted molar refractivity (Wildman–Crippen MR) is 102 cm³/mol. The number of hydrogen-bond acceptors (Lipinski definition) is 4. The van der Waals surface area contributed by atoms with Crippen molar-refractivity contribution in [1.29, 1.82) is 0 Å². The van der Waals surface area contributed by atoms with Gasteiger partial charge in [0.15, 0.2) is 0 Å². The summed E-state index contributed by atoms with van der Waals surface area (Å²) in [5, 5.41) is 3.01. The van der Waals surface area contributed by atoms with Crippen LogP contribution in [0.5, 0.6) is 0 Å². The van der Waals surface area contributed by atoms with Crippen molar-refractivity contribution in [2.45, 2.75) is 37.9 Å². The minimum atomic E-state index is -0.353. The smallest absolute Gasteiger partial charge is 0.253 e. The van der Waals surface area contributed by atoms with Crippen LogP contribution in [0.4, 0.5) is 0 Å². The summed E-state index contributed by atoms with van der Waals surface area (Å²) in [5.41, 5.74) is 6.32. The number of likely N-dealkylation sites (tertiary alicyclic amines) is 1. The maximum Gasteiger partial charge on any atom is 0.253 e. The fraction of sp³-hybridized carbons (Fsp3) is 0.579. The lowest BCUT2D eigenvalue weighted by atomic mass is 9.96. The molecule has 3 rings (SSSR count). The van der Waals surface area contributed by atoms with E-state index in [1.165, 1.54) is 0 Å². The third-order valence-corrected chi connectivity index (χ3v) is 5.15. The molecule has 0 aliphatic carbocycles. The van der Waals surface area contributed by atoms with E-state index in [-0.39, 0.29) is 36.4 Å². The molecule has 2 saturated heterocycles. The van der Waals surface area contributed by atoms with Crippen molar-refractivity contribution in [3.63, 3.8) is 0 Å². The summed E-state index contributed by atoms with van der Waals surface area (Å²) in [4.78, 5) is 26.5. The summed E-state index contributed by atoms with van der Waals surface area (Å²) >= 11 is 0. The molecule has 1 aromatic rings. The van der Waals surface area contributed by atoms with Gasteiger partial charge in [-0.05, 0) is 43.7 Å². The SMILES string of the molecule is Cl.NC[C@H]1CC[C@@H](C(=O)NCC2CCN(C(=O)c3ccccc3)CC2)O1. The number of piperidine rings is 1. The van der Waals surface area contributed by atoms with Gasteiger partial charge < -0.3 is 20.7 Å². The topological polar surface area (TPSA) is 84.7 Å². The number of ether oxygens (including phenoxy) is 1. The lowest BCUT2D eigenvalue weighted by Gasteiger charge is -2.32. The molecule has 1 aromatic carbocycles. The summed E-state index contributed by atoms with van der Waals surface area (Å²) in [6.07, 6.45) is 3.09. The van der Waals surface area contributed by atoms with Crippen LogP contribution in [-0.4, -0.2) is 55.1 Å². The van der Waals surface area contributed by atoms with Gasteiger partial charge in [-0.15, -0.1) is 12.4 Å². The summed E-state index contributed by atoms with van der Waals surface area (Å²) < 4.78 is 5.62. The Hall–Kier alpha value is -1.63. The highest BCUT2D eigenvalue weighted by molar-refractivity contribution is 5.94. The molecule has 144 valence electrons. The molecule has 2 aliphatic heterocycles. The second-order valence-corrected chi connectivity index (χ2v) is 6.91. The van der Waals surface area contributed by atoms with Crippen LogP contribution >= 0.6 is 12.4 Å². The normalized spacial score (nSPS) is 23.3. The first-order valence-corrected chi connectivity index (χ1v) is 9.15.